The number of thiophene rings is 1. The molecule has 5 nitrogen and oxygen atoms in total. The quantitative estimate of drug-likeness (QED) is 0.878. The predicted octanol–water partition coefficient (Wildman–Crippen LogP) is 4.19. The van der Waals surface area contributed by atoms with Gasteiger partial charge in [0.15, 0.2) is 0 Å². The Morgan fingerprint density at radius 2 is 1.96 bits per heavy atom. The van der Waals surface area contributed by atoms with Crippen LogP contribution in [0, 0.1) is 23.7 Å². The number of carbonyl (C=O) groups excluding carboxylic acids is 2. The highest BCUT2D eigenvalue weighted by Gasteiger charge is 2.23. The first kappa shape index (κ1) is 19.7. The molecule has 1 N–H and O–H groups in total. The maximum Gasteiger partial charge on any atom is 0.264 e. The van der Waals surface area contributed by atoms with Crippen LogP contribution < -0.4 is 5.32 Å². The minimum absolute atomic E-state index is 0.0839. The van der Waals surface area contributed by atoms with Crippen LogP contribution in [0.5, 0.6) is 0 Å². The molecule has 0 spiro atoms. The number of aryl methyl sites for hydroxylation is 1. The Morgan fingerprint density at radius 1 is 1.27 bits per heavy atom. The van der Waals surface area contributed by atoms with Crippen LogP contribution in [0.25, 0.3) is 0 Å². The highest BCUT2D eigenvalue weighted by molar-refractivity contribution is 7.18. The van der Waals surface area contributed by atoms with Gasteiger partial charge in [-0.15, -0.1) is 11.3 Å². The summed E-state index contributed by atoms with van der Waals surface area (Å²) in [7, 11) is 1.73. The Morgan fingerprint density at radius 3 is 2.58 bits per heavy atom. The van der Waals surface area contributed by atoms with Crippen molar-refractivity contribution in [3.8, 4) is 6.07 Å². The Hall–Kier alpha value is -2.65. The van der Waals surface area contributed by atoms with Gasteiger partial charge in [0.25, 0.3) is 5.91 Å². The van der Waals surface area contributed by atoms with Crippen molar-refractivity contribution in [3.63, 3.8) is 0 Å². The second-order valence-electron chi connectivity index (χ2n) is 7.30. The number of rotatable bonds is 4. The van der Waals surface area contributed by atoms with E-state index in [9.17, 15) is 9.59 Å². The third-order valence-electron chi connectivity index (χ3n) is 3.85. The van der Waals surface area contributed by atoms with Gasteiger partial charge in [0, 0.05) is 19.0 Å². The first-order valence-corrected chi connectivity index (χ1v) is 9.10. The van der Waals surface area contributed by atoms with Crippen LogP contribution in [0.1, 0.15) is 47.1 Å². The molecule has 136 valence electrons. The van der Waals surface area contributed by atoms with Crippen molar-refractivity contribution in [2.45, 2.75) is 34.2 Å². The molecule has 1 heterocycles. The maximum atomic E-state index is 12.8. The SMILES string of the molecule is Cc1cc(NC(=O)C(C)(C)C)sc1C(=O)N(C)Cc1cccc(C#N)c1. The molecule has 2 amide bonds. The van der Waals surface area contributed by atoms with Gasteiger partial charge in [-0.3, -0.25) is 9.59 Å². The zero-order valence-electron chi connectivity index (χ0n) is 15.7. The fourth-order valence-electron chi connectivity index (χ4n) is 2.31. The average Bonchev–Trinajstić information content (AvgIpc) is 2.93. The number of nitrogens with one attached hydrogen (secondary N) is 1. The Labute approximate surface area is 158 Å². The summed E-state index contributed by atoms with van der Waals surface area (Å²) >= 11 is 1.28. The van der Waals surface area contributed by atoms with Gasteiger partial charge in [-0.25, -0.2) is 0 Å². The molecule has 1 aromatic heterocycles. The monoisotopic (exact) mass is 369 g/mol. The van der Waals surface area contributed by atoms with Crippen LogP contribution in [0.2, 0.25) is 0 Å². The topological polar surface area (TPSA) is 73.2 Å². The molecule has 0 bridgehead atoms. The number of carbonyl (C=O) groups is 2. The van der Waals surface area contributed by atoms with Crippen LogP contribution in [-0.4, -0.2) is 23.8 Å². The molecule has 0 saturated heterocycles. The second kappa shape index (κ2) is 7.71. The van der Waals surface area contributed by atoms with Gasteiger partial charge >= 0.3 is 0 Å². The summed E-state index contributed by atoms with van der Waals surface area (Å²) in [5, 5.41) is 12.5. The van der Waals surface area contributed by atoms with E-state index in [-0.39, 0.29) is 11.8 Å². The summed E-state index contributed by atoms with van der Waals surface area (Å²) in [6.45, 7) is 7.81. The lowest BCUT2D eigenvalue weighted by molar-refractivity contribution is -0.123. The van der Waals surface area contributed by atoms with Gasteiger partial charge in [-0.1, -0.05) is 32.9 Å². The van der Waals surface area contributed by atoms with Crippen molar-refractivity contribution < 1.29 is 9.59 Å². The highest BCUT2D eigenvalue weighted by atomic mass is 32.1. The zero-order valence-corrected chi connectivity index (χ0v) is 16.5. The van der Waals surface area contributed by atoms with Gasteiger partial charge in [0.1, 0.15) is 0 Å². The van der Waals surface area contributed by atoms with Crippen molar-refractivity contribution in [3.05, 3.63) is 51.9 Å². The number of hydrogen-bond donors (Lipinski definition) is 1. The minimum atomic E-state index is -0.495. The number of nitriles is 1. The number of benzene rings is 1. The fraction of sp³-hybridized carbons (Fsp3) is 0.350. The standard InChI is InChI=1S/C20H23N3O2S/c1-13-9-16(22-19(25)20(2,3)4)26-17(13)18(24)23(5)12-15-8-6-7-14(10-15)11-21/h6-10H,12H2,1-5H3,(H,22,25). The summed E-state index contributed by atoms with van der Waals surface area (Å²) in [6, 6.07) is 11.1. The van der Waals surface area contributed by atoms with Crippen molar-refractivity contribution >= 4 is 28.2 Å². The first-order valence-electron chi connectivity index (χ1n) is 8.28. The van der Waals surface area contributed by atoms with E-state index in [1.807, 2.05) is 45.9 Å². The van der Waals surface area contributed by atoms with E-state index in [4.69, 9.17) is 5.26 Å². The average molecular weight is 369 g/mol. The normalized spacial score (nSPS) is 10.9. The molecule has 0 unspecified atom stereocenters. The summed E-state index contributed by atoms with van der Waals surface area (Å²) in [5.74, 6) is -0.189. The number of hydrogen-bond acceptors (Lipinski definition) is 4. The van der Waals surface area contributed by atoms with Crippen molar-refractivity contribution in [1.82, 2.24) is 4.90 Å². The zero-order chi connectivity index (χ0) is 19.5. The molecule has 0 atom stereocenters. The Bertz CT molecular complexity index is 872. The van der Waals surface area contributed by atoms with E-state index in [1.165, 1.54) is 11.3 Å². The summed E-state index contributed by atoms with van der Waals surface area (Å²) in [4.78, 5) is 27.1. The lowest BCUT2D eigenvalue weighted by Gasteiger charge is -2.17. The molecule has 2 aromatic rings. The van der Waals surface area contributed by atoms with Crippen molar-refractivity contribution in [2.24, 2.45) is 5.41 Å². The third kappa shape index (κ3) is 4.70. The van der Waals surface area contributed by atoms with Gasteiger partial charge in [0.05, 0.1) is 21.5 Å². The summed E-state index contributed by atoms with van der Waals surface area (Å²) in [6.07, 6.45) is 0. The molecular formula is C20H23N3O2S. The van der Waals surface area contributed by atoms with Crippen LogP contribution in [0.15, 0.2) is 30.3 Å². The van der Waals surface area contributed by atoms with Gasteiger partial charge < -0.3 is 10.2 Å². The lowest BCUT2D eigenvalue weighted by atomic mass is 9.96. The molecule has 1 aromatic carbocycles. The largest absolute Gasteiger partial charge is 0.337 e. The number of amides is 2. The molecule has 0 aliphatic heterocycles. The minimum Gasteiger partial charge on any atom is -0.337 e. The van der Waals surface area contributed by atoms with E-state index in [0.717, 1.165) is 11.1 Å². The van der Waals surface area contributed by atoms with E-state index < -0.39 is 5.41 Å². The predicted molar refractivity (Wildman–Crippen MR) is 104 cm³/mol. The maximum absolute atomic E-state index is 12.8. The highest BCUT2D eigenvalue weighted by Crippen LogP contribution is 2.29. The first-order chi connectivity index (χ1) is 12.1. The Kier molecular flexibility index (Phi) is 5.83. The Balaban J connectivity index is 2.13. The van der Waals surface area contributed by atoms with Crippen LogP contribution in [0.4, 0.5) is 5.00 Å². The van der Waals surface area contributed by atoms with Crippen LogP contribution >= 0.6 is 11.3 Å². The smallest absolute Gasteiger partial charge is 0.264 e. The molecule has 2 rings (SSSR count). The fourth-order valence-corrected chi connectivity index (χ4v) is 3.38. The van der Waals surface area contributed by atoms with Gasteiger partial charge in [0.2, 0.25) is 5.91 Å². The molecule has 0 saturated carbocycles. The molecule has 0 fully saturated rings. The van der Waals surface area contributed by atoms with E-state index >= 15 is 0 Å². The van der Waals surface area contributed by atoms with E-state index in [1.54, 1.807) is 24.1 Å². The summed E-state index contributed by atoms with van der Waals surface area (Å²) < 4.78 is 0. The van der Waals surface area contributed by atoms with Crippen molar-refractivity contribution in [2.75, 3.05) is 12.4 Å². The third-order valence-corrected chi connectivity index (χ3v) is 4.99. The number of anilines is 1. The molecule has 6 heteroatoms. The van der Waals surface area contributed by atoms with Crippen LogP contribution in [-0.2, 0) is 11.3 Å². The molecule has 0 aliphatic rings. The summed E-state index contributed by atoms with van der Waals surface area (Å²) in [5.41, 5.74) is 1.81. The van der Waals surface area contributed by atoms with E-state index in [2.05, 4.69) is 11.4 Å². The van der Waals surface area contributed by atoms with Gasteiger partial charge in [-0.05, 0) is 36.2 Å². The molecule has 0 aliphatic carbocycles. The van der Waals surface area contributed by atoms with Gasteiger partial charge in [-0.2, -0.15) is 5.26 Å². The van der Waals surface area contributed by atoms with E-state index in [0.29, 0.717) is 22.0 Å². The van der Waals surface area contributed by atoms with Crippen molar-refractivity contribution in [1.29, 1.82) is 5.26 Å². The second-order valence-corrected chi connectivity index (χ2v) is 8.35. The number of nitrogens with zero attached hydrogens (tertiary/aromatic N) is 2. The molecule has 26 heavy (non-hydrogen) atoms. The van der Waals surface area contributed by atoms with Crippen LogP contribution in [0.3, 0.4) is 0 Å². The molecule has 0 radical (unpaired) electrons. The molecular weight excluding hydrogens is 346 g/mol. The lowest BCUT2D eigenvalue weighted by Crippen LogP contribution is -2.27.